The molecule has 2 rings (SSSR count). The fraction of sp³-hybridized carbons (Fsp3) is 0.474. The van der Waals surface area contributed by atoms with Crippen LogP contribution in [0.2, 0.25) is 5.02 Å². The molecule has 4 amide bonds. The number of rotatable bonds is 10. The van der Waals surface area contributed by atoms with Gasteiger partial charge in [0.2, 0.25) is 11.8 Å². The fourth-order valence-electron chi connectivity index (χ4n) is 2.57. The molecule has 152 valence electrons. The maximum absolute atomic E-state index is 12.3. The van der Waals surface area contributed by atoms with Crippen molar-refractivity contribution in [3.63, 3.8) is 0 Å². The summed E-state index contributed by atoms with van der Waals surface area (Å²) in [6.07, 6.45) is 0.995. The molecule has 1 heterocycles. The molecule has 28 heavy (non-hydrogen) atoms. The van der Waals surface area contributed by atoms with Crippen molar-refractivity contribution in [3.05, 3.63) is 34.3 Å². The van der Waals surface area contributed by atoms with E-state index >= 15 is 0 Å². The van der Waals surface area contributed by atoms with E-state index in [9.17, 15) is 19.2 Å². The molecule has 0 aromatic heterocycles. The molecular formula is C19H24ClN3O4S. The lowest BCUT2D eigenvalue weighted by Crippen LogP contribution is -2.38. The van der Waals surface area contributed by atoms with Crippen LogP contribution < -0.4 is 10.6 Å². The summed E-state index contributed by atoms with van der Waals surface area (Å²) in [5, 5.41) is 5.72. The Bertz CT molecular complexity index is 772. The zero-order chi connectivity index (χ0) is 20.7. The normalized spacial score (nSPS) is 14.0. The molecule has 1 unspecified atom stereocenters. The lowest BCUT2D eigenvalue weighted by Gasteiger charge is -2.14. The van der Waals surface area contributed by atoms with Crippen LogP contribution in [0.5, 0.6) is 0 Å². The number of halogens is 1. The van der Waals surface area contributed by atoms with Crippen LogP contribution in [0.4, 0.5) is 0 Å². The van der Waals surface area contributed by atoms with Crippen molar-refractivity contribution in [3.8, 4) is 0 Å². The van der Waals surface area contributed by atoms with Crippen molar-refractivity contribution in [1.29, 1.82) is 0 Å². The fourth-order valence-corrected chi connectivity index (χ4v) is 3.51. The quantitative estimate of drug-likeness (QED) is 0.558. The van der Waals surface area contributed by atoms with Gasteiger partial charge in [0.25, 0.3) is 11.8 Å². The first-order chi connectivity index (χ1) is 13.3. The van der Waals surface area contributed by atoms with E-state index in [1.165, 1.54) is 11.8 Å². The van der Waals surface area contributed by atoms with Crippen molar-refractivity contribution in [1.82, 2.24) is 15.5 Å². The maximum atomic E-state index is 12.3. The van der Waals surface area contributed by atoms with Crippen LogP contribution in [0.15, 0.2) is 18.2 Å². The molecule has 0 aliphatic carbocycles. The first kappa shape index (κ1) is 22.2. The van der Waals surface area contributed by atoms with Gasteiger partial charge >= 0.3 is 0 Å². The van der Waals surface area contributed by atoms with Gasteiger partial charge in [-0.15, -0.1) is 11.8 Å². The van der Waals surface area contributed by atoms with Crippen LogP contribution in [0.1, 0.15) is 41.0 Å². The Labute approximate surface area is 173 Å². The number of hydrogen-bond acceptors (Lipinski definition) is 5. The predicted molar refractivity (Wildman–Crippen MR) is 110 cm³/mol. The SMILES string of the molecule is CCC(C)CNC(=O)CSCC(=O)NCCN1C(=O)c2cccc(Cl)c2C1=O. The minimum atomic E-state index is -0.452. The summed E-state index contributed by atoms with van der Waals surface area (Å²) in [5.74, 6) is -0.452. The van der Waals surface area contributed by atoms with Gasteiger partial charge in [-0.05, 0) is 18.1 Å². The van der Waals surface area contributed by atoms with E-state index in [0.29, 0.717) is 12.5 Å². The van der Waals surface area contributed by atoms with Gasteiger partial charge in [-0.3, -0.25) is 24.1 Å². The topological polar surface area (TPSA) is 95.6 Å². The van der Waals surface area contributed by atoms with Crippen LogP contribution in [-0.4, -0.2) is 59.7 Å². The first-order valence-corrected chi connectivity index (χ1v) is 10.6. The highest BCUT2D eigenvalue weighted by Crippen LogP contribution is 2.28. The molecule has 0 bridgehead atoms. The summed E-state index contributed by atoms with van der Waals surface area (Å²) < 4.78 is 0. The average molecular weight is 426 g/mol. The van der Waals surface area contributed by atoms with Crippen LogP contribution in [0.25, 0.3) is 0 Å². The molecule has 0 spiro atoms. The summed E-state index contributed by atoms with van der Waals surface area (Å²) in [4.78, 5) is 49.3. The number of benzene rings is 1. The Hall–Kier alpha value is -2.06. The molecule has 1 aromatic carbocycles. The highest BCUT2D eigenvalue weighted by Gasteiger charge is 2.36. The number of imide groups is 1. The Kier molecular flexibility index (Phi) is 8.32. The third-order valence-corrected chi connectivity index (χ3v) is 5.66. The van der Waals surface area contributed by atoms with E-state index in [4.69, 9.17) is 11.6 Å². The number of carbonyl (C=O) groups excluding carboxylic acids is 4. The van der Waals surface area contributed by atoms with Crippen molar-refractivity contribution in [2.24, 2.45) is 5.92 Å². The van der Waals surface area contributed by atoms with Crippen LogP contribution in [0, 0.1) is 5.92 Å². The molecule has 7 nitrogen and oxygen atoms in total. The highest BCUT2D eigenvalue weighted by atomic mass is 35.5. The first-order valence-electron chi connectivity index (χ1n) is 9.11. The number of nitrogens with zero attached hydrogens (tertiary/aromatic N) is 1. The minimum absolute atomic E-state index is 0.0640. The van der Waals surface area contributed by atoms with E-state index in [2.05, 4.69) is 24.5 Å². The molecule has 1 aliphatic rings. The van der Waals surface area contributed by atoms with Gasteiger partial charge in [0.05, 0.1) is 27.7 Å². The zero-order valence-corrected chi connectivity index (χ0v) is 17.5. The molecule has 0 saturated heterocycles. The van der Waals surface area contributed by atoms with E-state index < -0.39 is 11.8 Å². The Morgan fingerprint density at radius 1 is 1.14 bits per heavy atom. The number of hydrogen-bond donors (Lipinski definition) is 2. The molecular weight excluding hydrogens is 402 g/mol. The number of amides is 4. The largest absolute Gasteiger partial charge is 0.355 e. The van der Waals surface area contributed by atoms with E-state index in [1.807, 2.05) is 0 Å². The summed E-state index contributed by atoms with van der Waals surface area (Å²) >= 11 is 7.22. The Morgan fingerprint density at radius 3 is 2.46 bits per heavy atom. The summed E-state index contributed by atoms with van der Waals surface area (Å²) in [5.41, 5.74) is 0.488. The second-order valence-electron chi connectivity index (χ2n) is 6.58. The van der Waals surface area contributed by atoms with Gasteiger partial charge in [0.1, 0.15) is 0 Å². The molecule has 1 aromatic rings. The summed E-state index contributed by atoms with van der Waals surface area (Å²) in [7, 11) is 0. The van der Waals surface area contributed by atoms with Crippen molar-refractivity contribution < 1.29 is 19.2 Å². The van der Waals surface area contributed by atoms with Gasteiger partial charge in [0.15, 0.2) is 0 Å². The molecule has 9 heteroatoms. The highest BCUT2D eigenvalue weighted by molar-refractivity contribution is 8.00. The Balaban J connectivity index is 1.68. The number of nitrogens with one attached hydrogen (secondary N) is 2. The third kappa shape index (κ3) is 5.72. The standard InChI is InChI=1S/C19H24ClN3O4S/c1-3-12(2)9-22-16(25)11-28-10-15(24)21-7-8-23-18(26)13-5-4-6-14(20)17(13)19(23)27/h4-6,12H,3,7-11H2,1-2H3,(H,21,24)(H,22,25). The van der Waals surface area contributed by atoms with Gasteiger partial charge in [-0.2, -0.15) is 0 Å². The molecule has 0 saturated carbocycles. The summed E-state index contributed by atoms with van der Waals surface area (Å²) in [6, 6.07) is 4.74. The van der Waals surface area contributed by atoms with Gasteiger partial charge in [0, 0.05) is 19.6 Å². The van der Waals surface area contributed by atoms with E-state index in [-0.39, 0.29) is 52.6 Å². The van der Waals surface area contributed by atoms with E-state index in [0.717, 1.165) is 11.3 Å². The predicted octanol–water partition coefficient (Wildman–Crippen LogP) is 1.95. The van der Waals surface area contributed by atoms with Gasteiger partial charge in [-0.25, -0.2) is 0 Å². The number of thioether (sulfide) groups is 1. The molecule has 2 N–H and O–H groups in total. The molecule has 0 fully saturated rings. The van der Waals surface area contributed by atoms with Crippen LogP contribution >= 0.6 is 23.4 Å². The van der Waals surface area contributed by atoms with Crippen molar-refractivity contribution in [2.75, 3.05) is 31.1 Å². The van der Waals surface area contributed by atoms with Crippen molar-refractivity contribution in [2.45, 2.75) is 20.3 Å². The maximum Gasteiger partial charge on any atom is 0.263 e. The summed E-state index contributed by atoms with van der Waals surface area (Å²) in [6.45, 7) is 4.96. The van der Waals surface area contributed by atoms with Crippen molar-refractivity contribution >= 4 is 47.0 Å². The number of fused-ring (bicyclic) bond motifs is 1. The second-order valence-corrected chi connectivity index (χ2v) is 7.98. The smallest absolute Gasteiger partial charge is 0.263 e. The van der Waals surface area contributed by atoms with Gasteiger partial charge in [-0.1, -0.05) is 37.9 Å². The monoisotopic (exact) mass is 425 g/mol. The molecule has 1 aliphatic heterocycles. The lowest BCUT2D eigenvalue weighted by molar-refractivity contribution is -0.119. The minimum Gasteiger partial charge on any atom is -0.355 e. The number of carbonyl (C=O) groups is 4. The molecule has 0 radical (unpaired) electrons. The van der Waals surface area contributed by atoms with Crippen LogP contribution in [-0.2, 0) is 9.59 Å². The third-order valence-electron chi connectivity index (χ3n) is 4.42. The lowest BCUT2D eigenvalue weighted by atomic mass is 10.1. The average Bonchev–Trinajstić information content (AvgIpc) is 2.91. The Morgan fingerprint density at radius 2 is 1.82 bits per heavy atom. The zero-order valence-electron chi connectivity index (χ0n) is 15.9. The second kappa shape index (κ2) is 10.5. The van der Waals surface area contributed by atoms with Gasteiger partial charge < -0.3 is 10.6 Å². The molecule has 1 atom stereocenters. The van der Waals surface area contributed by atoms with Crippen LogP contribution in [0.3, 0.4) is 0 Å². The van der Waals surface area contributed by atoms with E-state index in [1.54, 1.807) is 18.2 Å².